The fourth-order valence-corrected chi connectivity index (χ4v) is 3.64. The van der Waals surface area contributed by atoms with E-state index in [1.807, 2.05) is 23.6 Å². The number of hydrogen-bond donors (Lipinski definition) is 3. The topological polar surface area (TPSA) is 81.2 Å². The molecule has 124 valence electrons. The molecule has 1 aliphatic rings. The number of amides is 2. The third-order valence-electron chi connectivity index (χ3n) is 4.39. The Morgan fingerprint density at radius 2 is 2.12 bits per heavy atom. The number of carbonyl (C=O) groups excluding carboxylic acids is 1. The van der Waals surface area contributed by atoms with Crippen molar-refractivity contribution in [3.8, 4) is 11.1 Å². The molecule has 0 spiro atoms. The van der Waals surface area contributed by atoms with Crippen LogP contribution in [0.4, 0.5) is 10.6 Å². The lowest BCUT2D eigenvalue weighted by atomic mass is 10.1. The summed E-state index contributed by atoms with van der Waals surface area (Å²) in [5.74, 6) is 0.540. The fraction of sp³-hybridized carbons (Fsp3) is 0.294. The van der Waals surface area contributed by atoms with Crippen LogP contribution in [0.1, 0.15) is 12.8 Å². The zero-order valence-electron chi connectivity index (χ0n) is 13.0. The van der Waals surface area contributed by atoms with Crippen molar-refractivity contribution in [2.45, 2.75) is 18.9 Å². The summed E-state index contributed by atoms with van der Waals surface area (Å²) >= 11 is 1.66. The molecule has 2 aromatic heterocycles. The Kier molecular flexibility index (Phi) is 3.95. The lowest BCUT2D eigenvalue weighted by Crippen LogP contribution is -2.42. The number of nitrogens with one attached hydrogen (secondary N) is 2. The molecule has 3 heterocycles. The molecule has 0 atom stereocenters. The molecule has 24 heavy (non-hydrogen) atoms. The predicted octanol–water partition coefficient (Wildman–Crippen LogP) is 3.28. The van der Waals surface area contributed by atoms with E-state index < -0.39 is 0 Å². The maximum Gasteiger partial charge on any atom is 0.323 e. The number of H-pyrrole nitrogens is 1. The third kappa shape index (κ3) is 2.88. The van der Waals surface area contributed by atoms with Gasteiger partial charge in [-0.2, -0.15) is 16.4 Å². The Bertz CT molecular complexity index is 851. The average molecular weight is 342 g/mol. The minimum Gasteiger partial charge on any atom is -0.393 e. The fourth-order valence-electron chi connectivity index (χ4n) is 2.97. The number of fused-ring (bicyclic) bond motifs is 1. The van der Waals surface area contributed by atoms with Gasteiger partial charge in [-0.25, -0.2) is 4.79 Å². The number of aromatic nitrogens is 2. The summed E-state index contributed by atoms with van der Waals surface area (Å²) in [5, 5.41) is 24.7. The zero-order chi connectivity index (χ0) is 16.5. The summed E-state index contributed by atoms with van der Waals surface area (Å²) in [6.45, 7) is 1.13. The maximum atomic E-state index is 12.4. The van der Waals surface area contributed by atoms with Gasteiger partial charge >= 0.3 is 6.03 Å². The SMILES string of the molecule is O=C(Nc1n[nH]c2cc(-c3ccsc3)ccc12)N1CCC(O)CC1. The minimum absolute atomic E-state index is 0.169. The summed E-state index contributed by atoms with van der Waals surface area (Å²) in [5.41, 5.74) is 3.19. The Morgan fingerprint density at radius 1 is 1.29 bits per heavy atom. The highest BCUT2D eigenvalue weighted by molar-refractivity contribution is 7.08. The summed E-state index contributed by atoms with van der Waals surface area (Å²) in [6.07, 6.45) is 0.952. The lowest BCUT2D eigenvalue weighted by molar-refractivity contribution is 0.0972. The van der Waals surface area contributed by atoms with Gasteiger partial charge in [0, 0.05) is 18.5 Å². The number of piperidine rings is 1. The van der Waals surface area contributed by atoms with Crippen molar-refractivity contribution in [1.29, 1.82) is 0 Å². The minimum atomic E-state index is -0.296. The van der Waals surface area contributed by atoms with Crippen molar-refractivity contribution in [3.63, 3.8) is 0 Å². The molecule has 4 rings (SSSR count). The van der Waals surface area contributed by atoms with E-state index in [4.69, 9.17) is 0 Å². The first-order valence-corrected chi connectivity index (χ1v) is 8.90. The average Bonchev–Trinajstić information content (AvgIpc) is 3.25. The standard InChI is InChI=1S/C17H18N4O2S/c22-13-3-6-21(7-4-13)17(23)18-16-14-2-1-11(9-15(14)19-20-16)12-5-8-24-10-12/h1-2,5,8-10,13,22H,3-4,6-7H2,(H2,18,19,20,23). The predicted molar refractivity (Wildman–Crippen MR) is 95.2 cm³/mol. The molecular weight excluding hydrogens is 324 g/mol. The monoisotopic (exact) mass is 342 g/mol. The highest BCUT2D eigenvalue weighted by Crippen LogP contribution is 2.28. The van der Waals surface area contributed by atoms with Gasteiger partial charge in [0.25, 0.3) is 0 Å². The van der Waals surface area contributed by atoms with Gasteiger partial charge in [0.1, 0.15) is 0 Å². The largest absolute Gasteiger partial charge is 0.393 e. The summed E-state index contributed by atoms with van der Waals surface area (Å²) in [4.78, 5) is 14.1. The quantitative estimate of drug-likeness (QED) is 0.668. The number of hydrogen-bond acceptors (Lipinski definition) is 4. The zero-order valence-corrected chi connectivity index (χ0v) is 13.8. The maximum absolute atomic E-state index is 12.4. The van der Waals surface area contributed by atoms with Crippen molar-refractivity contribution in [1.82, 2.24) is 15.1 Å². The highest BCUT2D eigenvalue weighted by atomic mass is 32.1. The van der Waals surface area contributed by atoms with Crippen LogP contribution < -0.4 is 5.32 Å². The molecule has 0 saturated carbocycles. The molecule has 0 radical (unpaired) electrons. The van der Waals surface area contributed by atoms with Crippen LogP contribution in [0.3, 0.4) is 0 Å². The van der Waals surface area contributed by atoms with E-state index in [-0.39, 0.29) is 12.1 Å². The summed E-state index contributed by atoms with van der Waals surface area (Å²) in [6, 6.07) is 7.96. The second kappa shape index (κ2) is 6.26. The first kappa shape index (κ1) is 15.2. The molecular formula is C17H18N4O2S. The van der Waals surface area contributed by atoms with Gasteiger partial charge in [-0.3, -0.25) is 10.4 Å². The van der Waals surface area contributed by atoms with E-state index in [1.54, 1.807) is 16.2 Å². The van der Waals surface area contributed by atoms with Crippen LogP contribution in [0, 0.1) is 0 Å². The van der Waals surface area contributed by atoms with Crippen molar-refractivity contribution in [2.75, 3.05) is 18.4 Å². The summed E-state index contributed by atoms with van der Waals surface area (Å²) < 4.78 is 0. The highest BCUT2D eigenvalue weighted by Gasteiger charge is 2.22. The molecule has 1 saturated heterocycles. The molecule has 0 unspecified atom stereocenters. The molecule has 0 aliphatic carbocycles. The molecule has 3 aromatic rings. The van der Waals surface area contributed by atoms with Crippen molar-refractivity contribution in [2.24, 2.45) is 0 Å². The van der Waals surface area contributed by atoms with Gasteiger partial charge in [0.2, 0.25) is 0 Å². The number of carbonyl (C=O) groups is 1. The number of aliphatic hydroxyl groups excluding tert-OH is 1. The van der Waals surface area contributed by atoms with Crippen molar-refractivity contribution in [3.05, 3.63) is 35.0 Å². The third-order valence-corrected chi connectivity index (χ3v) is 5.08. The van der Waals surface area contributed by atoms with Crippen LogP contribution in [0.25, 0.3) is 22.0 Å². The molecule has 3 N–H and O–H groups in total. The molecule has 0 bridgehead atoms. The number of likely N-dealkylation sites (tertiary alicyclic amines) is 1. The number of thiophene rings is 1. The molecule has 1 aliphatic heterocycles. The molecule has 1 aromatic carbocycles. The molecule has 2 amide bonds. The number of aliphatic hydroxyl groups is 1. The van der Waals surface area contributed by atoms with E-state index in [2.05, 4.69) is 27.0 Å². The van der Waals surface area contributed by atoms with E-state index >= 15 is 0 Å². The first-order chi connectivity index (χ1) is 11.7. The van der Waals surface area contributed by atoms with Crippen LogP contribution in [-0.4, -0.2) is 45.4 Å². The van der Waals surface area contributed by atoms with Gasteiger partial charge < -0.3 is 10.0 Å². The Morgan fingerprint density at radius 3 is 2.88 bits per heavy atom. The van der Waals surface area contributed by atoms with Gasteiger partial charge in [-0.15, -0.1) is 0 Å². The number of anilines is 1. The normalized spacial score (nSPS) is 15.8. The number of aromatic amines is 1. The Hall–Kier alpha value is -2.38. The molecule has 6 nitrogen and oxygen atoms in total. The number of rotatable bonds is 2. The number of urea groups is 1. The smallest absolute Gasteiger partial charge is 0.323 e. The molecule has 7 heteroatoms. The Balaban J connectivity index is 1.53. The number of benzene rings is 1. The van der Waals surface area contributed by atoms with E-state index in [0.717, 1.165) is 16.5 Å². The van der Waals surface area contributed by atoms with Crippen molar-refractivity contribution >= 4 is 34.1 Å². The van der Waals surface area contributed by atoms with Gasteiger partial charge in [0.05, 0.1) is 11.6 Å². The summed E-state index contributed by atoms with van der Waals surface area (Å²) in [7, 11) is 0. The second-order valence-corrected chi connectivity index (χ2v) is 6.77. The van der Waals surface area contributed by atoms with E-state index in [9.17, 15) is 9.90 Å². The van der Waals surface area contributed by atoms with Crippen LogP contribution in [0.2, 0.25) is 0 Å². The van der Waals surface area contributed by atoms with E-state index in [1.165, 1.54) is 5.56 Å². The Labute approximate surface area is 143 Å². The van der Waals surface area contributed by atoms with E-state index in [0.29, 0.717) is 31.7 Å². The van der Waals surface area contributed by atoms with Crippen molar-refractivity contribution < 1.29 is 9.90 Å². The van der Waals surface area contributed by atoms with Crippen LogP contribution in [0.15, 0.2) is 35.0 Å². The van der Waals surface area contributed by atoms with Gasteiger partial charge in [0.15, 0.2) is 5.82 Å². The van der Waals surface area contributed by atoms with Crippen LogP contribution >= 0.6 is 11.3 Å². The number of nitrogens with zero attached hydrogens (tertiary/aromatic N) is 2. The van der Waals surface area contributed by atoms with Gasteiger partial charge in [-0.05, 0) is 52.9 Å². The van der Waals surface area contributed by atoms with Crippen LogP contribution in [0.5, 0.6) is 0 Å². The second-order valence-electron chi connectivity index (χ2n) is 5.99. The first-order valence-electron chi connectivity index (χ1n) is 7.95. The van der Waals surface area contributed by atoms with Crippen LogP contribution in [-0.2, 0) is 0 Å². The van der Waals surface area contributed by atoms with Gasteiger partial charge in [-0.1, -0.05) is 6.07 Å². The lowest BCUT2D eigenvalue weighted by Gasteiger charge is -2.29. The molecule has 1 fully saturated rings.